The third-order valence-corrected chi connectivity index (χ3v) is 8.90. The molecule has 3 saturated carbocycles. The predicted molar refractivity (Wildman–Crippen MR) is 115 cm³/mol. The molecule has 1 aromatic heterocycles. The number of pyridine rings is 1. The van der Waals surface area contributed by atoms with E-state index in [-0.39, 0.29) is 16.9 Å². The summed E-state index contributed by atoms with van der Waals surface area (Å²) in [5.74, 6) is 1.81. The van der Waals surface area contributed by atoms with Crippen LogP contribution in [0.3, 0.4) is 0 Å². The van der Waals surface area contributed by atoms with Crippen molar-refractivity contribution in [3.63, 3.8) is 0 Å². The lowest BCUT2D eigenvalue weighted by Gasteiger charge is -2.56. The van der Waals surface area contributed by atoms with Gasteiger partial charge in [0, 0.05) is 17.8 Å². The minimum absolute atomic E-state index is 0.0509. The van der Waals surface area contributed by atoms with E-state index in [1.165, 1.54) is 17.6 Å². The van der Waals surface area contributed by atoms with Crippen LogP contribution in [0.4, 0.5) is 0 Å². The lowest BCUT2D eigenvalue weighted by atomic mass is 9.48. The Bertz CT molecular complexity index is 889. The normalized spacial score (nSPS) is 44.2. The molecule has 4 aliphatic carbocycles. The molecule has 0 aromatic carbocycles. The van der Waals surface area contributed by atoms with Crippen LogP contribution in [0.2, 0.25) is 0 Å². The highest BCUT2D eigenvalue weighted by atomic mass is 16.4. The van der Waals surface area contributed by atoms with Gasteiger partial charge in [0.2, 0.25) is 0 Å². The van der Waals surface area contributed by atoms with Gasteiger partial charge in [-0.3, -0.25) is 4.98 Å². The number of hydrogen-bond acceptors (Lipinski definition) is 4. The summed E-state index contributed by atoms with van der Waals surface area (Å²) in [6.07, 6.45) is 15.4. The fourth-order valence-corrected chi connectivity index (χ4v) is 7.30. The molecule has 3 fully saturated rings. The summed E-state index contributed by atoms with van der Waals surface area (Å²) >= 11 is 0. The van der Waals surface area contributed by atoms with E-state index >= 15 is 0 Å². The van der Waals surface area contributed by atoms with Gasteiger partial charge in [0.05, 0.1) is 11.8 Å². The van der Waals surface area contributed by atoms with Crippen molar-refractivity contribution in [2.45, 2.75) is 64.9 Å². The summed E-state index contributed by atoms with van der Waals surface area (Å²) in [6, 6.07) is 4.03. The molecule has 4 aliphatic rings. The van der Waals surface area contributed by atoms with Crippen LogP contribution in [-0.2, 0) is 0 Å². The summed E-state index contributed by atoms with van der Waals surface area (Å²) in [7, 11) is 0. The van der Waals surface area contributed by atoms with Crippen LogP contribution in [0.5, 0.6) is 0 Å². The minimum atomic E-state index is -0.158. The molecule has 6 atom stereocenters. The number of hydrogen-bond donors (Lipinski definition) is 2. The van der Waals surface area contributed by atoms with E-state index in [1.807, 2.05) is 24.5 Å². The summed E-state index contributed by atoms with van der Waals surface area (Å²) in [5.41, 5.74) is 4.89. The van der Waals surface area contributed by atoms with Crippen molar-refractivity contribution in [2.24, 2.45) is 33.7 Å². The SMILES string of the molecule is C[C@]12CC[C@H](O)CC1=CC[C@@H]1[C@@H]2CC[C@]2(C)C(=N/O)/C(=C/c3ccncc3)C[C@@H]12. The van der Waals surface area contributed by atoms with Crippen molar-refractivity contribution in [3.8, 4) is 0 Å². The van der Waals surface area contributed by atoms with Gasteiger partial charge in [-0.15, -0.1) is 0 Å². The predicted octanol–water partition coefficient (Wildman–Crippen LogP) is 5.23. The van der Waals surface area contributed by atoms with Crippen LogP contribution < -0.4 is 0 Å². The number of aromatic nitrogens is 1. The number of aliphatic hydroxyl groups is 1. The Balaban J connectivity index is 1.51. The van der Waals surface area contributed by atoms with Crippen molar-refractivity contribution in [1.82, 2.24) is 4.98 Å². The van der Waals surface area contributed by atoms with Crippen LogP contribution in [0.1, 0.15) is 64.4 Å². The highest BCUT2D eigenvalue weighted by Gasteiger charge is 2.59. The molecular formula is C25H32N2O2. The molecule has 0 saturated heterocycles. The molecule has 0 unspecified atom stereocenters. The van der Waals surface area contributed by atoms with Gasteiger partial charge in [-0.25, -0.2) is 0 Å². The summed E-state index contributed by atoms with van der Waals surface area (Å²) in [5, 5.41) is 24.0. The first-order valence-corrected chi connectivity index (χ1v) is 11.2. The van der Waals surface area contributed by atoms with Crippen LogP contribution in [0, 0.1) is 28.6 Å². The van der Waals surface area contributed by atoms with Crippen LogP contribution in [-0.4, -0.2) is 27.1 Å². The fourth-order valence-electron chi connectivity index (χ4n) is 7.30. The van der Waals surface area contributed by atoms with E-state index in [1.54, 1.807) is 0 Å². The molecule has 29 heavy (non-hydrogen) atoms. The smallest absolute Gasteiger partial charge is 0.0889 e. The first-order chi connectivity index (χ1) is 14.0. The Hall–Kier alpha value is -1.94. The second-order valence-electron chi connectivity index (χ2n) is 10.2. The Morgan fingerprint density at radius 3 is 2.59 bits per heavy atom. The molecule has 1 heterocycles. The van der Waals surface area contributed by atoms with E-state index in [0.717, 1.165) is 49.8 Å². The maximum absolute atomic E-state index is 10.2. The van der Waals surface area contributed by atoms with Crippen molar-refractivity contribution in [3.05, 3.63) is 47.3 Å². The summed E-state index contributed by atoms with van der Waals surface area (Å²) < 4.78 is 0. The second-order valence-corrected chi connectivity index (χ2v) is 10.2. The molecule has 0 amide bonds. The Morgan fingerprint density at radius 2 is 1.83 bits per heavy atom. The molecule has 0 radical (unpaired) electrons. The number of oxime groups is 1. The molecule has 0 bridgehead atoms. The third kappa shape index (κ3) is 2.83. The maximum Gasteiger partial charge on any atom is 0.0889 e. The molecule has 4 nitrogen and oxygen atoms in total. The number of nitrogens with zero attached hydrogens (tertiary/aromatic N) is 2. The lowest BCUT2D eigenvalue weighted by molar-refractivity contribution is -0.0206. The van der Waals surface area contributed by atoms with Crippen LogP contribution in [0.25, 0.3) is 6.08 Å². The molecule has 5 rings (SSSR count). The monoisotopic (exact) mass is 392 g/mol. The van der Waals surface area contributed by atoms with Gasteiger partial charge >= 0.3 is 0 Å². The summed E-state index contributed by atoms with van der Waals surface area (Å²) in [4.78, 5) is 4.12. The van der Waals surface area contributed by atoms with Gasteiger partial charge in [-0.2, -0.15) is 0 Å². The van der Waals surface area contributed by atoms with Gasteiger partial charge in [-0.05, 0) is 97.5 Å². The first kappa shape index (κ1) is 19.0. The van der Waals surface area contributed by atoms with Gasteiger partial charge in [0.25, 0.3) is 0 Å². The first-order valence-electron chi connectivity index (χ1n) is 11.2. The zero-order valence-corrected chi connectivity index (χ0v) is 17.5. The Kier molecular flexibility index (Phi) is 4.47. The van der Waals surface area contributed by atoms with Gasteiger partial charge in [0.15, 0.2) is 0 Å². The van der Waals surface area contributed by atoms with Crippen molar-refractivity contribution in [1.29, 1.82) is 0 Å². The average molecular weight is 393 g/mol. The van der Waals surface area contributed by atoms with E-state index < -0.39 is 0 Å². The van der Waals surface area contributed by atoms with Crippen molar-refractivity contribution in [2.75, 3.05) is 0 Å². The lowest BCUT2D eigenvalue weighted by Crippen LogP contribution is -2.50. The molecule has 154 valence electrons. The van der Waals surface area contributed by atoms with E-state index in [9.17, 15) is 10.3 Å². The minimum Gasteiger partial charge on any atom is -0.411 e. The topological polar surface area (TPSA) is 65.7 Å². The molecular weight excluding hydrogens is 360 g/mol. The maximum atomic E-state index is 10.2. The van der Waals surface area contributed by atoms with E-state index in [2.05, 4.69) is 36.1 Å². The Labute approximate surface area is 173 Å². The van der Waals surface area contributed by atoms with Crippen LogP contribution in [0.15, 0.2) is 46.9 Å². The number of allylic oxidation sites excluding steroid dienone is 2. The highest BCUT2D eigenvalue weighted by molar-refractivity contribution is 6.09. The average Bonchev–Trinajstić information content (AvgIpc) is 3.00. The largest absolute Gasteiger partial charge is 0.411 e. The number of aliphatic hydroxyl groups excluding tert-OH is 1. The van der Waals surface area contributed by atoms with Crippen molar-refractivity contribution < 1.29 is 10.3 Å². The number of fused-ring (bicyclic) bond motifs is 5. The van der Waals surface area contributed by atoms with E-state index in [4.69, 9.17) is 0 Å². The van der Waals surface area contributed by atoms with Gasteiger partial charge < -0.3 is 10.3 Å². The molecule has 4 heteroatoms. The standard InChI is InChI=1S/C25H32N2O2/c1-24-9-5-19(28)15-18(24)3-4-20-21(24)6-10-25(2)22(20)14-17(23(25)27-29)13-16-7-11-26-12-8-16/h3,7-8,11-13,19-22,28-29H,4-6,9-10,14-15H2,1-2H3/b17-13+,27-23+/t19-,20+,21-,22-,24-,25-/m0/s1. The quantitative estimate of drug-likeness (QED) is 0.391. The highest BCUT2D eigenvalue weighted by Crippen LogP contribution is 2.65. The van der Waals surface area contributed by atoms with Crippen LogP contribution >= 0.6 is 0 Å². The van der Waals surface area contributed by atoms with Gasteiger partial charge in [0.1, 0.15) is 0 Å². The summed E-state index contributed by atoms with van der Waals surface area (Å²) in [6.45, 7) is 4.77. The molecule has 0 spiro atoms. The molecule has 0 aliphatic heterocycles. The Morgan fingerprint density at radius 1 is 1.07 bits per heavy atom. The third-order valence-electron chi connectivity index (χ3n) is 8.90. The van der Waals surface area contributed by atoms with E-state index in [0.29, 0.717) is 17.8 Å². The van der Waals surface area contributed by atoms with Crippen molar-refractivity contribution >= 4 is 11.8 Å². The molecule has 2 N–H and O–H groups in total. The number of rotatable bonds is 1. The second kappa shape index (κ2) is 6.80. The zero-order valence-electron chi connectivity index (χ0n) is 17.5. The molecule has 1 aromatic rings. The zero-order chi connectivity index (χ0) is 20.2. The fraction of sp³-hybridized carbons (Fsp3) is 0.600. The van der Waals surface area contributed by atoms with Gasteiger partial charge in [-0.1, -0.05) is 30.7 Å².